The fraction of sp³-hybridized carbons (Fsp3) is 0.429. The van der Waals surface area contributed by atoms with E-state index >= 15 is 0 Å². The van der Waals surface area contributed by atoms with Crippen LogP contribution in [0.2, 0.25) is 0 Å². The van der Waals surface area contributed by atoms with Crippen molar-refractivity contribution in [2.24, 2.45) is 5.92 Å². The zero-order valence-corrected chi connectivity index (χ0v) is 22.6. The van der Waals surface area contributed by atoms with Gasteiger partial charge in [0.2, 0.25) is 11.8 Å². The van der Waals surface area contributed by atoms with Gasteiger partial charge in [-0.15, -0.1) is 0 Å². The largest absolute Gasteiger partial charge is 0.482 e. The van der Waals surface area contributed by atoms with E-state index in [1.54, 1.807) is 11.0 Å². The monoisotopic (exact) mass is 604 g/mol. The Kier molecular flexibility index (Phi) is 9.03. The Labute approximate surface area is 225 Å². The number of halogens is 1. The fourth-order valence-corrected chi connectivity index (χ4v) is 5.12. The second-order valence-corrected chi connectivity index (χ2v) is 10.7. The summed E-state index contributed by atoms with van der Waals surface area (Å²) >= 11 is 2.17. The van der Waals surface area contributed by atoms with E-state index in [2.05, 4.69) is 27.9 Å². The molecule has 2 aromatic carbocycles. The number of carbonyl (C=O) groups is 2. The van der Waals surface area contributed by atoms with E-state index in [1.165, 1.54) is 0 Å². The van der Waals surface area contributed by atoms with Gasteiger partial charge in [0, 0.05) is 31.0 Å². The lowest BCUT2D eigenvalue weighted by Gasteiger charge is -2.43. The second kappa shape index (κ2) is 12.2. The summed E-state index contributed by atoms with van der Waals surface area (Å²) in [7, 11) is 0. The number of para-hydroxylation sites is 1. The number of aliphatic hydroxyl groups excluding tert-OH is 2. The number of ether oxygens (including phenoxy) is 1. The van der Waals surface area contributed by atoms with Gasteiger partial charge in [-0.05, 0) is 66.1 Å². The number of amides is 2. The quantitative estimate of drug-likeness (QED) is 0.382. The number of rotatable bonds is 9. The number of nitrogens with zero attached hydrogens (tertiary/aromatic N) is 1. The first-order chi connectivity index (χ1) is 17.4. The Morgan fingerprint density at radius 3 is 2.50 bits per heavy atom. The van der Waals surface area contributed by atoms with Crippen molar-refractivity contribution in [3.8, 4) is 5.75 Å². The molecular weight excluding hydrogens is 571 g/mol. The summed E-state index contributed by atoms with van der Waals surface area (Å²) in [4.78, 5) is 28.3. The molecule has 0 saturated heterocycles. The molecule has 0 heterocycles. The van der Waals surface area contributed by atoms with E-state index in [-0.39, 0.29) is 37.3 Å². The summed E-state index contributed by atoms with van der Waals surface area (Å²) < 4.78 is 7.09. The van der Waals surface area contributed by atoms with Gasteiger partial charge in [0.05, 0.1) is 16.2 Å². The molecule has 2 aliphatic rings. The highest BCUT2D eigenvalue weighted by molar-refractivity contribution is 14.1. The third kappa shape index (κ3) is 6.27. The minimum Gasteiger partial charge on any atom is -0.482 e. The molecule has 0 unspecified atom stereocenters. The Morgan fingerprint density at radius 1 is 1.14 bits per heavy atom. The Balaban J connectivity index is 1.67. The van der Waals surface area contributed by atoms with Crippen molar-refractivity contribution in [3.63, 3.8) is 0 Å². The molecule has 8 heteroatoms. The lowest BCUT2D eigenvalue weighted by molar-refractivity contribution is -0.146. The molecule has 3 N–H and O–H groups in total. The highest BCUT2D eigenvalue weighted by Crippen LogP contribution is 2.34. The second-order valence-electron chi connectivity index (χ2n) is 9.53. The SMILES string of the molecule is Cc1ccc(CN(C(=O)C2CCC2)[C@@H]2CC(C(=O)NCCO)=C[C@H](Oc3ccccc3I)[C@H]2O)cc1. The van der Waals surface area contributed by atoms with E-state index in [1.807, 2.05) is 55.5 Å². The first-order valence-corrected chi connectivity index (χ1v) is 13.5. The maximum atomic E-state index is 13.6. The first kappa shape index (κ1) is 26.6. The Morgan fingerprint density at radius 2 is 1.86 bits per heavy atom. The molecule has 1 fully saturated rings. The van der Waals surface area contributed by atoms with Gasteiger partial charge in [0.1, 0.15) is 18.0 Å². The van der Waals surface area contributed by atoms with E-state index < -0.39 is 18.2 Å². The van der Waals surface area contributed by atoms with Crippen LogP contribution in [0.25, 0.3) is 0 Å². The Hall–Kier alpha value is -2.43. The summed E-state index contributed by atoms with van der Waals surface area (Å²) in [5.74, 6) is 0.221. The molecule has 1 saturated carbocycles. The summed E-state index contributed by atoms with van der Waals surface area (Å²) in [6.45, 7) is 2.31. The van der Waals surface area contributed by atoms with Crippen LogP contribution < -0.4 is 10.1 Å². The van der Waals surface area contributed by atoms with Crippen LogP contribution in [0.5, 0.6) is 5.75 Å². The number of hydrogen-bond donors (Lipinski definition) is 3. The zero-order chi connectivity index (χ0) is 25.7. The first-order valence-electron chi connectivity index (χ1n) is 12.4. The average Bonchev–Trinajstić information content (AvgIpc) is 2.83. The molecule has 2 amide bonds. The van der Waals surface area contributed by atoms with Gasteiger partial charge in [-0.2, -0.15) is 0 Å². The van der Waals surface area contributed by atoms with Gasteiger partial charge < -0.3 is 25.2 Å². The van der Waals surface area contributed by atoms with Crippen molar-refractivity contribution in [2.75, 3.05) is 13.2 Å². The molecule has 36 heavy (non-hydrogen) atoms. The van der Waals surface area contributed by atoms with Gasteiger partial charge in [-0.3, -0.25) is 9.59 Å². The number of aliphatic hydroxyl groups is 2. The lowest BCUT2D eigenvalue weighted by atomic mass is 9.82. The highest BCUT2D eigenvalue weighted by Gasteiger charge is 2.42. The van der Waals surface area contributed by atoms with Crippen molar-refractivity contribution in [3.05, 3.63) is 74.9 Å². The van der Waals surface area contributed by atoms with Crippen molar-refractivity contribution >= 4 is 34.4 Å². The molecule has 0 aromatic heterocycles. The molecule has 7 nitrogen and oxygen atoms in total. The van der Waals surface area contributed by atoms with Gasteiger partial charge in [0.25, 0.3) is 0 Å². The highest BCUT2D eigenvalue weighted by atomic mass is 127. The van der Waals surface area contributed by atoms with Gasteiger partial charge in [-0.25, -0.2) is 0 Å². The number of aryl methyl sites for hydroxylation is 1. The van der Waals surface area contributed by atoms with Gasteiger partial charge >= 0.3 is 0 Å². The number of nitrogens with one attached hydrogen (secondary N) is 1. The minimum absolute atomic E-state index is 0.0101. The van der Waals surface area contributed by atoms with Crippen LogP contribution in [0.3, 0.4) is 0 Å². The predicted octanol–water partition coefficient (Wildman–Crippen LogP) is 3.34. The van der Waals surface area contributed by atoms with E-state index in [9.17, 15) is 19.8 Å². The fourth-order valence-electron chi connectivity index (χ4n) is 4.60. The number of hydrogen-bond acceptors (Lipinski definition) is 5. The topological polar surface area (TPSA) is 99.1 Å². The summed E-state index contributed by atoms with van der Waals surface area (Å²) in [5.41, 5.74) is 2.53. The standard InChI is InChI=1S/C28H33IN2O5/c1-18-9-11-19(12-10-18)17-31(28(35)20-5-4-6-20)23-15-21(27(34)30-13-14-32)16-25(26(23)33)36-24-8-3-2-7-22(24)29/h2-3,7-12,16,20,23,25-26,32-33H,4-6,13-15,17H2,1H3,(H,30,34)/t23-,25+,26+/m1/s1. The maximum Gasteiger partial charge on any atom is 0.247 e. The molecule has 0 radical (unpaired) electrons. The third-order valence-corrected chi connectivity index (χ3v) is 7.82. The van der Waals surface area contributed by atoms with Gasteiger partial charge in [0.15, 0.2) is 0 Å². The molecule has 192 valence electrons. The average molecular weight is 604 g/mol. The summed E-state index contributed by atoms with van der Waals surface area (Å²) in [6.07, 6.45) is 2.72. The van der Waals surface area contributed by atoms with Crippen molar-refractivity contribution in [2.45, 2.75) is 57.4 Å². The van der Waals surface area contributed by atoms with Crippen LogP contribution in [0, 0.1) is 16.4 Å². The molecule has 0 aliphatic heterocycles. The van der Waals surface area contributed by atoms with E-state index in [0.29, 0.717) is 17.9 Å². The smallest absolute Gasteiger partial charge is 0.247 e. The summed E-state index contributed by atoms with van der Waals surface area (Å²) in [5, 5.41) is 23.4. The lowest BCUT2D eigenvalue weighted by Crippen LogP contribution is -2.56. The molecule has 4 rings (SSSR count). The van der Waals surface area contributed by atoms with Crippen LogP contribution in [0.1, 0.15) is 36.8 Å². The van der Waals surface area contributed by atoms with Crippen molar-refractivity contribution in [1.82, 2.24) is 10.2 Å². The zero-order valence-electron chi connectivity index (χ0n) is 20.4. The van der Waals surface area contributed by atoms with E-state index in [4.69, 9.17) is 4.74 Å². The third-order valence-electron chi connectivity index (χ3n) is 6.93. The van der Waals surface area contributed by atoms with Crippen LogP contribution in [-0.4, -0.2) is 58.3 Å². The molecule has 2 aromatic rings. The van der Waals surface area contributed by atoms with E-state index in [0.717, 1.165) is 34.0 Å². The molecule has 0 spiro atoms. The molecular formula is C28H33IN2O5. The Bertz CT molecular complexity index is 1100. The summed E-state index contributed by atoms with van der Waals surface area (Å²) in [6, 6.07) is 14.9. The molecule has 0 bridgehead atoms. The molecule has 3 atom stereocenters. The predicted molar refractivity (Wildman–Crippen MR) is 145 cm³/mol. The van der Waals surface area contributed by atoms with Gasteiger partial charge in [-0.1, -0.05) is 48.4 Å². The maximum absolute atomic E-state index is 13.6. The number of carbonyl (C=O) groups excluding carboxylic acids is 2. The normalized spacial score (nSPS) is 21.8. The van der Waals surface area contributed by atoms with Crippen LogP contribution in [0.15, 0.2) is 60.2 Å². The minimum atomic E-state index is -1.02. The van der Waals surface area contributed by atoms with Crippen LogP contribution in [0.4, 0.5) is 0 Å². The van der Waals surface area contributed by atoms with Crippen molar-refractivity contribution < 1.29 is 24.5 Å². The van der Waals surface area contributed by atoms with Crippen LogP contribution in [-0.2, 0) is 16.1 Å². The number of benzene rings is 2. The van der Waals surface area contributed by atoms with Crippen molar-refractivity contribution in [1.29, 1.82) is 0 Å². The molecule has 2 aliphatic carbocycles. The van der Waals surface area contributed by atoms with Crippen LogP contribution >= 0.6 is 22.6 Å².